The van der Waals surface area contributed by atoms with E-state index in [-0.39, 0.29) is 11.1 Å². The van der Waals surface area contributed by atoms with Crippen LogP contribution in [0, 0.1) is 0 Å². The van der Waals surface area contributed by atoms with Crippen LogP contribution in [0.15, 0.2) is 24.3 Å². The highest BCUT2D eigenvalue weighted by Gasteiger charge is 2.55. The van der Waals surface area contributed by atoms with Crippen LogP contribution in [-0.4, -0.2) is 53.2 Å². The van der Waals surface area contributed by atoms with Crippen LogP contribution < -0.4 is 0 Å². The van der Waals surface area contributed by atoms with E-state index in [0.29, 0.717) is 6.42 Å². The molecule has 138 valence electrons. The molecular weight excluding hydrogens is 342 g/mol. The minimum Gasteiger partial charge on any atom is -0.456 e. The number of hydrogen-bond donors (Lipinski definition) is 0. The van der Waals surface area contributed by atoms with Crippen LogP contribution in [0.5, 0.6) is 0 Å². The molecule has 1 aromatic carbocycles. The molecule has 0 bridgehead atoms. The van der Waals surface area contributed by atoms with Gasteiger partial charge in [-0.3, -0.25) is 19.2 Å². The van der Waals surface area contributed by atoms with Crippen molar-refractivity contribution in [1.82, 2.24) is 4.90 Å². The summed E-state index contributed by atoms with van der Waals surface area (Å²) in [6.45, 7) is 4.23. The smallest absolute Gasteiger partial charge is 0.303 e. The molecule has 1 fully saturated rings. The first-order valence-electron chi connectivity index (χ1n) is 8.32. The number of nitrogens with zero attached hydrogens (tertiary/aromatic N) is 1. The largest absolute Gasteiger partial charge is 0.456 e. The first-order chi connectivity index (χ1) is 12.3. The highest BCUT2D eigenvalue weighted by Crippen LogP contribution is 2.35. The molecule has 0 aliphatic carbocycles. The maximum atomic E-state index is 12.7. The summed E-state index contributed by atoms with van der Waals surface area (Å²) in [6.07, 6.45) is -3.34. The van der Waals surface area contributed by atoms with E-state index in [2.05, 4.69) is 0 Å². The molecule has 0 N–H and O–H groups in total. The van der Waals surface area contributed by atoms with E-state index in [0.717, 1.165) is 4.90 Å². The van der Waals surface area contributed by atoms with Gasteiger partial charge in [0.15, 0.2) is 18.4 Å². The van der Waals surface area contributed by atoms with Crippen molar-refractivity contribution in [3.05, 3.63) is 35.4 Å². The number of carbonyl (C=O) groups excluding carboxylic acids is 4. The van der Waals surface area contributed by atoms with Gasteiger partial charge in [-0.05, 0) is 18.6 Å². The number of fused-ring (bicyclic) bond motifs is 1. The van der Waals surface area contributed by atoms with Crippen molar-refractivity contribution in [1.29, 1.82) is 0 Å². The lowest BCUT2D eigenvalue weighted by Gasteiger charge is -2.27. The highest BCUT2D eigenvalue weighted by molar-refractivity contribution is 6.21. The zero-order valence-corrected chi connectivity index (χ0v) is 14.6. The monoisotopic (exact) mass is 361 g/mol. The number of ether oxygens (including phenoxy) is 3. The van der Waals surface area contributed by atoms with Gasteiger partial charge in [0.1, 0.15) is 6.10 Å². The molecule has 0 saturated carbocycles. The molecule has 0 spiro atoms. The highest BCUT2D eigenvalue weighted by atomic mass is 16.6. The summed E-state index contributed by atoms with van der Waals surface area (Å²) in [5.74, 6) is -2.27. The number of carbonyl (C=O) groups is 4. The van der Waals surface area contributed by atoms with Crippen LogP contribution in [0.4, 0.5) is 0 Å². The first kappa shape index (κ1) is 18.1. The molecule has 1 saturated heterocycles. The average molecular weight is 361 g/mol. The quantitative estimate of drug-likeness (QED) is 0.588. The van der Waals surface area contributed by atoms with E-state index in [9.17, 15) is 19.2 Å². The zero-order chi connectivity index (χ0) is 19.0. The molecule has 1 unspecified atom stereocenters. The lowest BCUT2D eigenvalue weighted by Crippen LogP contribution is -2.49. The zero-order valence-electron chi connectivity index (χ0n) is 14.6. The Morgan fingerprint density at radius 3 is 1.96 bits per heavy atom. The molecular formula is C18H19NO7. The van der Waals surface area contributed by atoms with Crippen LogP contribution >= 0.6 is 0 Å². The van der Waals surface area contributed by atoms with Crippen LogP contribution in [0.25, 0.3) is 0 Å². The summed E-state index contributed by atoms with van der Waals surface area (Å²) in [5.41, 5.74) is 0.512. The normalized spacial score (nSPS) is 27.4. The van der Waals surface area contributed by atoms with E-state index < -0.39 is 48.3 Å². The predicted molar refractivity (Wildman–Crippen MR) is 87.0 cm³/mol. The molecule has 8 nitrogen and oxygen atoms in total. The number of imide groups is 1. The molecule has 0 aromatic heterocycles. The van der Waals surface area contributed by atoms with Gasteiger partial charge in [0, 0.05) is 13.8 Å². The number of esters is 2. The molecule has 3 rings (SSSR count). The molecule has 1 aromatic rings. The molecule has 0 radical (unpaired) electrons. The van der Waals surface area contributed by atoms with E-state index in [1.165, 1.54) is 13.8 Å². The standard InChI is InChI=1S/C18H19NO7/c1-4-13-14(24-9(2)20)15(25-10(3)21)18(26-13)19-16(22)11-7-5-6-8-12(11)17(19)23/h5-8,13-15,18H,4H2,1-3H3/t13-,14?,15+,18-/m1/s1. The van der Waals surface area contributed by atoms with Crippen molar-refractivity contribution in [2.45, 2.75) is 51.7 Å². The van der Waals surface area contributed by atoms with E-state index >= 15 is 0 Å². The second-order valence-electron chi connectivity index (χ2n) is 6.15. The van der Waals surface area contributed by atoms with Crippen molar-refractivity contribution < 1.29 is 33.4 Å². The van der Waals surface area contributed by atoms with Gasteiger partial charge in [-0.2, -0.15) is 0 Å². The average Bonchev–Trinajstić information content (AvgIpc) is 3.03. The van der Waals surface area contributed by atoms with Crippen molar-refractivity contribution in [2.75, 3.05) is 0 Å². The summed E-state index contributed by atoms with van der Waals surface area (Å²) in [7, 11) is 0. The predicted octanol–water partition coefficient (Wildman–Crippen LogP) is 1.28. The third kappa shape index (κ3) is 2.96. The number of rotatable bonds is 4. The summed E-state index contributed by atoms with van der Waals surface area (Å²) >= 11 is 0. The fraction of sp³-hybridized carbons (Fsp3) is 0.444. The number of hydrogen-bond acceptors (Lipinski definition) is 7. The molecule has 2 aliphatic heterocycles. The van der Waals surface area contributed by atoms with Gasteiger partial charge in [-0.25, -0.2) is 4.90 Å². The first-order valence-corrected chi connectivity index (χ1v) is 8.32. The molecule has 2 aliphatic rings. The van der Waals surface area contributed by atoms with Crippen molar-refractivity contribution in [3.8, 4) is 0 Å². The van der Waals surface area contributed by atoms with E-state index in [1.807, 2.05) is 0 Å². The SMILES string of the molecule is CC[C@H]1O[C@@H](N2C(=O)c3ccccc3C2=O)[C@@H](OC(C)=O)C1OC(C)=O. The minimum absolute atomic E-state index is 0.256. The van der Waals surface area contributed by atoms with Gasteiger partial charge < -0.3 is 14.2 Å². The third-order valence-electron chi connectivity index (χ3n) is 4.37. The molecule has 4 atom stereocenters. The number of amides is 2. The Kier molecular flexibility index (Phi) is 4.78. The summed E-state index contributed by atoms with van der Waals surface area (Å²) in [4.78, 5) is 49.4. The molecule has 2 heterocycles. The molecule has 2 amide bonds. The summed E-state index contributed by atoms with van der Waals surface area (Å²) < 4.78 is 16.4. The number of benzene rings is 1. The lowest BCUT2D eigenvalue weighted by molar-refractivity contribution is -0.165. The Balaban J connectivity index is 1.97. The van der Waals surface area contributed by atoms with E-state index in [4.69, 9.17) is 14.2 Å². The molecule has 26 heavy (non-hydrogen) atoms. The topological polar surface area (TPSA) is 99.2 Å². The fourth-order valence-electron chi connectivity index (χ4n) is 3.33. The second-order valence-corrected chi connectivity index (χ2v) is 6.15. The Morgan fingerprint density at radius 1 is 1.00 bits per heavy atom. The fourth-order valence-corrected chi connectivity index (χ4v) is 3.33. The van der Waals surface area contributed by atoms with Crippen LogP contribution in [0.3, 0.4) is 0 Å². The lowest BCUT2D eigenvalue weighted by atomic mass is 10.1. The summed E-state index contributed by atoms with van der Waals surface area (Å²) in [6, 6.07) is 6.41. The van der Waals surface area contributed by atoms with Gasteiger partial charge in [0.05, 0.1) is 11.1 Å². The van der Waals surface area contributed by atoms with Crippen molar-refractivity contribution >= 4 is 23.8 Å². The Hall–Kier alpha value is -2.74. The Labute approximate surface area is 150 Å². The summed E-state index contributed by atoms with van der Waals surface area (Å²) in [5, 5.41) is 0. The van der Waals surface area contributed by atoms with Gasteiger partial charge in [0.2, 0.25) is 0 Å². The second kappa shape index (κ2) is 6.87. The van der Waals surface area contributed by atoms with Gasteiger partial charge in [-0.1, -0.05) is 19.1 Å². The van der Waals surface area contributed by atoms with Crippen molar-refractivity contribution in [2.24, 2.45) is 0 Å². The van der Waals surface area contributed by atoms with Gasteiger partial charge >= 0.3 is 11.9 Å². The Bertz CT molecular complexity index is 740. The van der Waals surface area contributed by atoms with Crippen LogP contribution in [-0.2, 0) is 23.8 Å². The maximum absolute atomic E-state index is 12.7. The molecule has 8 heteroatoms. The minimum atomic E-state index is -1.17. The maximum Gasteiger partial charge on any atom is 0.303 e. The Morgan fingerprint density at radius 2 is 1.50 bits per heavy atom. The van der Waals surface area contributed by atoms with Gasteiger partial charge in [-0.15, -0.1) is 0 Å². The van der Waals surface area contributed by atoms with E-state index in [1.54, 1.807) is 31.2 Å². The van der Waals surface area contributed by atoms with Crippen molar-refractivity contribution in [3.63, 3.8) is 0 Å². The van der Waals surface area contributed by atoms with Gasteiger partial charge in [0.25, 0.3) is 11.8 Å². The van der Waals surface area contributed by atoms with Crippen LogP contribution in [0.1, 0.15) is 47.9 Å². The van der Waals surface area contributed by atoms with Crippen LogP contribution in [0.2, 0.25) is 0 Å². The third-order valence-corrected chi connectivity index (χ3v) is 4.37.